The standard InChI is InChI=1S/2C12H8N2.2C6H4O2.2C2H6OS.6CO.2Eu.2Mn.2HNO3.2NO3/c2*1-3-9-5-6-10-4-2-8-14-12(10)11(9)13-7-1;2*7-5-1-2-6(8)4-3-5;2*1-4(2)3;6*1-2;;;;;4*2-1(3)4/h2*1-8H;2*1-4H;2*1-2H3;;;;;;;;;;;2*(H,2,3,4);;/q;;;;;;;;;;;;2*+3;;;;;2*-1. The van der Waals surface area contributed by atoms with Crippen LogP contribution in [-0.4, -0.2) is 107 Å². The van der Waals surface area contributed by atoms with Gasteiger partial charge in [-0.15, -0.1) is 20.2 Å². The molecule has 38 heteroatoms. The molecule has 2 N–H and O–H groups in total. The van der Waals surface area contributed by atoms with Crippen LogP contribution in [0, 0.1) is 190 Å². The van der Waals surface area contributed by atoms with Crippen LogP contribution in [0.15, 0.2) is 146 Å². The van der Waals surface area contributed by atoms with Crippen molar-refractivity contribution in [3.05, 3.63) is 237 Å². The summed E-state index contributed by atoms with van der Waals surface area (Å²) in [6.07, 6.45) is 23.8. The topological polar surface area (TPSA) is 533 Å². The van der Waals surface area contributed by atoms with Gasteiger partial charge in [-0.1, -0.05) is 48.5 Å². The quantitative estimate of drug-likeness (QED) is 0.0397. The van der Waals surface area contributed by atoms with E-state index in [4.69, 9.17) is 89.2 Å². The fourth-order valence-corrected chi connectivity index (χ4v) is 4.24. The molecule has 0 fully saturated rings. The Morgan fingerprint density at radius 1 is 0.369 bits per heavy atom. The second-order valence-corrected chi connectivity index (χ2v) is 14.7. The van der Waals surface area contributed by atoms with Gasteiger partial charge in [0.15, 0.2) is 23.1 Å². The molecule has 2 aliphatic carbocycles. The van der Waals surface area contributed by atoms with Crippen LogP contribution in [0.4, 0.5) is 0 Å². The number of ketones is 4. The van der Waals surface area contributed by atoms with E-state index in [9.17, 15) is 27.6 Å². The Balaban J connectivity index is -0.0000000695. The van der Waals surface area contributed by atoms with Crippen molar-refractivity contribution in [3.63, 3.8) is 0 Å². The van der Waals surface area contributed by atoms with Crippen LogP contribution in [0.2, 0.25) is 0 Å². The van der Waals surface area contributed by atoms with E-state index in [1.807, 2.05) is 24.3 Å². The number of rotatable bonds is 0. The molecule has 2 aromatic carbocycles. The zero-order valence-corrected chi connectivity index (χ0v) is 51.5. The van der Waals surface area contributed by atoms with Crippen LogP contribution in [0.1, 0.15) is 0 Å². The number of nitrogens with zero attached hydrogens (tertiary/aromatic N) is 8. The Kier molecular flexibility index (Phi) is 96.2. The molecule has 6 aromatic rings. The number of hydrogen-bond donors (Lipinski definition) is 2. The first-order valence-electron chi connectivity index (χ1n) is 18.9. The van der Waals surface area contributed by atoms with Crippen LogP contribution < -0.4 is 0 Å². The summed E-state index contributed by atoms with van der Waals surface area (Å²) in [4.78, 5) is 91.7. The maximum atomic E-state index is 10.3. The minimum atomic E-state index is -1.75. The predicted octanol–water partition coefficient (Wildman–Crippen LogP) is 4.65. The average Bonchev–Trinajstić information content (AvgIpc) is 3.43. The van der Waals surface area contributed by atoms with Gasteiger partial charge in [-0.3, -0.25) is 47.5 Å². The molecule has 84 heavy (non-hydrogen) atoms. The van der Waals surface area contributed by atoms with E-state index in [1.165, 1.54) is 48.6 Å². The van der Waals surface area contributed by atoms with Gasteiger partial charge in [-0.05, 0) is 72.9 Å². The normalized spacial score (nSPS) is 9.07. The molecule has 0 saturated carbocycles. The van der Waals surface area contributed by atoms with Gasteiger partial charge in [0, 0.05) is 127 Å². The monoisotopic (exact) mass is 1570 g/mol. The Hall–Kier alpha value is -6.53. The van der Waals surface area contributed by atoms with Crippen molar-refractivity contribution in [2.45, 2.75) is 0 Å². The molecule has 0 unspecified atom stereocenters. The first-order valence-corrected chi connectivity index (χ1v) is 22.9. The van der Waals surface area contributed by atoms with Gasteiger partial charge < -0.3 is 41.1 Å². The molecule has 0 amide bonds. The SMILES string of the molecule is CS(C)=O.CS(C)=O.O=C1C=CC(=O)C=C1.O=C1C=CC(=O)C=C1.O=[N+]([O-])O.O=[N+]([O-])O.O=[N+]([O-])[O-].O=[N+]([O-])[O-].[C-]#[O+].[C-]#[O+].[C-]#[O+].[C-]#[O+].[C-]#[O+].[C-]#[O+].[Eu+3].[Eu+3].[Mn].[Mn].c1cnc2c(c1)ccc1cccnc12.c1cnc2c(c1)ccc1cccnc12. The summed E-state index contributed by atoms with van der Waals surface area (Å²) in [6, 6.07) is 24.3. The zero-order chi connectivity index (χ0) is 64.2. The van der Waals surface area contributed by atoms with Gasteiger partial charge in [-0.25, -0.2) is 0 Å². The minimum Gasteiger partial charge on any atom is -0.254 e. The van der Waals surface area contributed by atoms with Crippen molar-refractivity contribution in [1.82, 2.24) is 19.9 Å². The maximum absolute atomic E-state index is 10.3. The molecular weight excluding hydrogens is 1530 g/mol. The molecule has 0 spiro atoms. The molecular formula is C46H38Eu2Mn2N8O24S2+4. The fourth-order valence-electron chi connectivity index (χ4n) is 4.24. The Morgan fingerprint density at radius 2 is 0.476 bits per heavy atom. The van der Waals surface area contributed by atoms with E-state index in [-0.39, 0.29) is 156 Å². The van der Waals surface area contributed by atoms with Gasteiger partial charge in [0.25, 0.3) is 10.2 Å². The van der Waals surface area contributed by atoms with Crippen LogP contribution in [-0.2, 0) is 103 Å². The molecule has 2 radical (unpaired) electrons. The summed E-state index contributed by atoms with van der Waals surface area (Å²) in [7, 11) is -1.22. The van der Waals surface area contributed by atoms with Crippen molar-refractivity contribution in [2.24, 2.45) is 0 Å². The largest absolute Gasteiger partial charge is 3.00 e. The Labute approximate surface area is 582 Å². The fraction of sp³-hybridized carbons (Fsp3) is 0.0870. The molecule has 442 valence electrons. The molecule has 0 aliphatic heterocycles. The van der Waals surface area contributed by atoms with Crippen molar-refractivity contribution in [2.75, 3.05) is 25.0 Å². The number of aromatic nitrogens is 4. The van der Waals surface area contributed by atoms with E-state index in [0.29, 0.717) is 0 Å². The molecule has 4 aromatic heterocycles. The van der Waals surface area contributed by atoms with Crippen molar-refractivity contribution < 1.29 is 219 Å². The summed E-state index contributed by atoms with van der Waals surface area (Å²) >= 11 is 0. The van der Waals surface area contributed by atoms with Crippen LogP contribution in [0.3, 0.4) is 0 Å². The van der Waals surface area contributed by atoms with Crippen LogP contribution in [0.25, 0.3) is 43.6 Å². The molecule has 0 saturated heterocycles. The third-order valence-electron chi connectivity index (χ3n) is 6.34. The number of carbonyl (C=O) groups excluding carboxylic acids is 4. The number of hydrogen-bond acceptors (Lipinski definition) is 20. The number of carbonyl (C=O) groups is 4. The number of allylic oxidation sites excluding steroid dienone is 8. The second kappa shape index (κ2) is 76.5. The summed E-state index contributed by atoms with van der Waals surface area (Å²) in [5.41, 5.74) is 3.91. The van der Waals surface area contributed by atoms with Crippen molar-refractivity contribution >= 4 is 88.3 Å². The van der Waals surface area contributed by atoms with Crippen LogP contribution in [0.5, 0.6) is 0 Å². The van der Waals surface area contributed by atoms with Crippen molar-refractivity contribution in [1.29, 1.82) is 0 Å². The summed E-state index contributed by atoms with van der Waals surface area (Å²) in [6.45, 7) is 27.0. The predicted molar refractivity (Wildman–Crippen MR) is 273 cm³/mol. The second-order valence-electron chi connectivity index (χ2n) is 11.8. The van der Waals surface area contributed by atoms with E-state index in [2.05, 4.69) is 108 Å². The smallest absolute Gasteiger partial charge is 0.254 e. The van der Waals surface area contributed by atoms with Gasteiger partial charge in [0.2, 0.25) is 0 Å². The first-order chi connectivity index (χ1) is 37.9. The van der Waals surface area contributed by atoms with Gasteiger partial charge in [0.1, 0.15) is 0 Å². The third-order valence-corrected chi connectivity index (χ3v) is 6.34. The van der Waals surface area contributed by atoms with E-state index in [0.717, 1.165) is 43.6 Å². The molecule has 0 bridgehead atoms. The molecule has 0 atom stereocenters. The summed E-state index contributed by atoms with van der Waals surface area (Å²) in [5, 5.41) is 61.3. The van der Waals surface area contributed by atoms with Gasteiger partial charge >= 0.3 is 167 Å². The van der Waals surface area contributed by atoms with E-state index < -0.39 is 41.9 Å². The Bertz CT molecular complexity index is 2680. The third kappa shape index (κ3) is 73.5. The Morgan fingerprint density at radius 3 is 0.583 bits per heavy atom. The zero-order valence-electron chi connectivity index (χ0n) is 42.6. The average molecular weight is 1560 g/mol. The van der Waals surface area contributed by atoms with Crippen LogP contribution >= 0.6 is 0 Å². The first kappa shape index (κ1) is 106. The van der Waals surface area contributed by atoms with E-state index in [1.54, 1.807) is 49.8 Å². The minimum absolute atomic E-state index is 0. The molecule has 4 heterocycles. The molecule has 8 rings (SSSR count). The van der Waals surface area contributed by atoms with Gasteiger partial charge in [0.05, 0.1) is 32.2 Å². The molecule has 2 aliphatic rings. The summed E-state index contributed by atoms with van der Waals surface area (Å²) in [5.74, 6) is -0.483. The summed E-state index contributed by atoms with van der Waals surface area (Å²) < 4.78 is 64.1. The van der Waals surface area contributed by atoms with Crippen molar-refractivity contribution in [3.8, 4) is 0 Å². The number of fused-ring (bicyclic) bond motifs is 6. The maximum Gasteiger partial charge on any atom is 3.00 e. The van der Waals surface area contributed by atoms with Gasteiger partial charge in [-0.2, -0.15) is 0 Å². The number of pyridine rings is 4. The van der Waals surface area contributed by atoms with E-state index >= 15 is 0 Å². The number of benzene rings is 2. The molecule has 32 nitrogen and oxygen atoms in total.